The summed E-state index contributed by atoms with van der Waals surface area (Å²) in [7, 11) is 0. The molecule has 0 saturated carbocycles. The molecule has 1 aliphatic rings. The summed E-state index contributed by atoms with van der Waals surface area (Å²) >= 11 is 7.80. The second kappa shape index (κ2) is 11.1. The Morgan fingerprint density at radius 1 is 1.11 bits per heavy atom. The zero-order chi connectivity index (χ0) is 25.8. The maximum atomic E-state index is 13.8. The van der Waals surface area contributed by atoms with E-state index < -0.39 is 12.0 Å². The average Bonchev–Trinajstić information content (AvgIpc) is 3.15. The number of carbonyl (C=O) groups is 1. The number of esters is 1. The van der Waals surface area contributed by atoms with Gasteiger partial charge in [-0.2, -0.15) is 0 Å². The van der Waals surface area contributed by atoms with Crippen molar-refractivity contribution in [1.29, 1.82) is 0 Å². The van der Waals surface area contributed by atoms with E-state index in [1.54, 1.807) is 32.1 Å². The SMILES string of the molecule is CCOC(=O)C1=C(C)N=c2s/c(=C/c3ccc(OCC)cc3OCC)c(=O)n2[C@@H]1c1ccccc1Cl. The normalized spacial score (nSPS) is 15.4. The van der Waals surface area contributed by atoms with Crippen molar-refractivity contribution in [3.63, 3.8) is 0 Å². The number of fused-ring (bicyclic) bond motifs is 1. The van der Waals surface area contributed by atoms with Crippen LogP contribution in [0.4, 0.5) is 0 Å². The van der Waals surface area contributed by atoms with Crippen molar-refractivity contribution in [1.82, 2.24) is 4.57 Å². The highest BCUT2D eigenvalue weighted by Crippen LogP contribution is 2.34. The molecular weight excluding hydrogens is 500 g/mol. The number of allylic oxidation sites excluding steroid dienone is 1. The lowest BCUT2D eigenvalue weighted by Crippen LogP contribution is -2.40. The molecule has 0 amide bonds. The van der Waals surface area contributed by atoms with Crippen LogP contribution < -0.4 is 24.4 Å². The van der Waals surface area contributed by atoms with Crippen molar-refractivity contribution >= 4 is 35.0 Å². The van der Waals surface area contributed by atoms with Gasteiger partial charge in [0.25, 0.3) is 5.56 Å². The first-order valence-electron chi connectivity index (χ1n) is 11.7. The molecular formula is C27H27ClN2O5S. The molecule has 0 aliphatic carbocycles. The van der Waals surface area contributed by atoms with Crippen molar-refractivity contribution in [3.05, 3.63) is 89.6 Å². The van der Waals surface area contributed by atoms with Gasteiger partial charge in [-0.15, -0.1) is 0 Å². The Bertz CT molecular complexity index is 1510. The van der Waals surface area contributed by atoms with Gasteiger partial charge in [-0.05, 0) is 57.5 Å². The molecule has 1 aromatic heterocycles. The molecule has 0 spiro atoms. The molecule has 7 nitrogen and oxygen atoms in total. The van der Waals surface area contributed by atoms with Crippen LogP contribution in [-0.2, 0) is 9.53 Å². The first-order chi connectivity index (χ1) is 17.4. The second-order valence-corrected chi connectivity index (χ2v) is 9.31. The Labute approximate surface area is 217 Å². The fourth-order valence-corrected chi connectivity index (χ4v) is 5.37. The molecule has 2 heterocycles. The molecule has 36 heavy (non-hydrogen) atoms. The van der Waals surface area contributed by atoms with E-state index in [1.165, 1.54) is 15.9 Å². The largest absolute Gasteiger partial charge is 0.494 e. The number of nitrogens with zero attached hydrogens (tertiary/aromatic N) is 2. The monoisotopic (exact) mass is 526 g/mol. The Hall–Kier alpha value is -3.36. The van der Waals surface area contributed by atoms with Gasteiger partial charge in [-0.1, -0.05) is 41.1 Å². The van der Waals surface area contributed by atoms with Crippen LogP contribution in [0.2, 0.25) is 5.02 Å². The minimum atomic E-state index is -0.761. The van der Waals surface area contributed by atoms with Crippen molar-refractivity contribution in [2.75, 3.05) is 19.8 Å². The first-order valence-corrected chi connectivity index (χ1v) is 12.9. The van der Waals surface area contributed by atoms with Gasteiger partial charge in [0, 0.05) is 16.7 Å². The van der Waals surface area contributed by atoms with E-state index in [4.69, 9.17) is 25.8 Å². The zero-order valence-corrected chi connectivity index (χ0v) is 22.1. The Morgan fingerprint density at radius 2 is 1.86 bits per heavy atom. The summed E-state index contributed by atoms with van der Waals surface area (Å²) in [6, 6.07) is 11.9. The molecule has 1 atom stereocenters. The predicted octanol–water partition coefficient (Wildman–Crippen LogP) is 4.25. The van der Waals surface area contributed by atoms with E-state index in [1.807, 2.05) is 44.2 Å². The van der Waals surface area contributed by atoms with Gasteiger partial charge < -0.3 is 14.2 Å². The maximum Gasteiger partial charge on any atom is 0.338 e. The molecule has 9 heteroatoms. The minimum absolute atomic E-state index is 0.202. The van der Waals surface area contributed by atoms with Crippen LogP contribution in [0.25, 0.3) is 6.08 Å². The lowest BCUT2D eigenvalue weighted by Gasteiger charge is -2.25. The molecule has 0 radical (unpaired) electrons. The number of ether oxygens (including phenoxy) is 3. The van der Waals surface area contributed by atoms with Gasteiger partial charge in [-0.3, -0.25) is 9.36 Å². The van der Waals surface area contributed by atoms with Gasteiger partial charge in [0.2, 0.25) is 0 Å². The van der Waals surface area contributed by atoms with Crippen molar-refractivity contribution in [2.24, 2.45) is 4.99 Å². The number of halogens is 1. The summed E-state index contributed by atoms with van der Waals surface area (Å²) in [6.45, 7) is 8.49. The Balaban J connectivity index is 1.94. The molecule has 1 aliphatic heterocycles. The van der Waals surface area contributed by atoms with E-state index in [-0.39, 0.29) is 12.2 Å². The van der Waals surface area contributed by atoms with Crippen LogP contribution in [-0.4, -0.2) is 30.4 Å². The summed E-state index contributed by atoms with van der Waals surface area (Å²) in [5, 5.41) is 0.443. The lowest BCUT2D eigenvalue weighted by molar-refractivity contribution is -0.139. The van der Waals surface area contributed by atoms with Crippen LogP contribution >= 0.6 is 22.9 Å². The molecule has 0 N–H and O–H groups in total. The summed E-state index contributed by atoms with van der Waals surface area (Å²) in [5.74, 6) is 0.774. The second-order valence-electron chi connectivity index (χ2n) is 7.89. The smallest absolute Gasteiger partial charge is 0.338 e. The Morgan fingerprint density at radius 3 is 2.56 bits per heavy atom. The summed E-state index contributed by atoms with van der Waals surface area (Å²) in [6.07, 6.45) is 1.78. The molecule has 3 aromatic rings. The predicted molar refractivity (Wildman–Crippen MR) is 141 cm³/mol. The fraction of sp³-hybridized carbons (Fsp3) is 0.296. The zero-order valence-electron chi connectivity index (χ0n) is 20.5. The molecule has 0 fully saturated rings. The van der Waals surface area contributed by atoms with Gasteiger partial charge in [0.15, 0.2) is 4.80 Å². The number of hydrogen-bond acceptors (Lipinski definition) is 7. The third kappa shape index (κ3) is 4.96. The first kappa shape index (κ1) is 25.7. The number of hydrogen-bond donors (Lipinski definition) is 0. The van der Waals surface area contributed by atoms with Gasteiger partial charge in [-0.25, -0.2) is 9.79 Å². The van der Waals surface area contributed by atoms with E-state index in [0.717, 1.165) is 5.56 Å². The summed E-state index contributed by atoms with van der Waals surface area (Å²) in [4.78, 5) is 31.9. The van der Waals surface area contributed by atoms with Crippen LogP contribution in [0, 0.1) is 0 Å². The highest BCUT2D eigenvalue weighted by atomic mass is 35.5. The van der Waals surface area contributed by atoms with Crippen LogP contribution in [0.1, 0.15) is 44.9 Å². The van der Waals surface area contributed by atoms with E-state index in [0.29, 0.717) is 55.9 Å². The number of benzene rings is 2. The standard InChI is InChI=1S/C27H27ClN2O5S/c1-5-33-18-13-12-17(21(15-18)34-6-2)14-22-25(31)30-24(19-10-8-9-11-20(19)28)23(26(32)35-7-3)16(4)29-27(30)36-22/h8-15,24H,5-7H2,1-4H3/b22-14+/t24-/m1/s1. The number of carbonyl (C=O) groups excluding carboxylic acids is 1. The molecule has 0 bridgehead atoms. The number of rotatable bonds is 8. The van der Waals surface area contributed by atoms with Gasteiger partial charge in [0.05, 0.1) is 35.6 Å². The maximum absolute atomic E-state index is 13.8. The van der Waals surface area contributed by atoms with E-state index in [9.17, 15) is 9.59 Å². The number of aromatic nitrogens is 1. The highest BCUT2D eigenvalue weighted by molar-refractivity contribution is 7.07. The topological polar surface area (TPSA) is 79.1 Å². The third-order valence-corrected chi connectivity index (χ3v) is 6.93. The van der Waals surface area contributed by atoms with Crippen LogP contribution in [0.15, 0.2) is 63.5 Å². The minimum Gasteiger partial charge on any atom is -0.494 e. The third-order valence-electron chi connectivity index (χ3n) is 5.60. The quantitative estimate of drug-likeness (QED) is 0.410. The summed E-state index contributed by atoms with van der Waals surface area (Å²) < 4.78 is 18.7. The molecule has 2 aromatic carbocycles. The average molecular weight is 527 g/mol. The Kier molecular flexibility index (Phi) is 7.96. The molecule has 0 saturated heterocycles. The van der Waals surface area contributed by atoms with E-state index >= 15 is 0 Å². The fourth-order valence-electron chi connectivity index (χ4n) is 4.09. The van der Waals surface area contributed by atoms with E-state index in [2.05, 4.69) is 4.99 Å². The van der Waals surface area contributed by atoms with Crippen LogP contribution in [0.3, 0.4) is 0 Å². The van der Waals surface area contributed by atoms with Gasteiger partial charge >= 0.3 is 5.97 Å². The summed E-state index contributed by atoms with van der Waals surface area (Å²) in [5.41, 5.74) is 1.86. The number of thiazole rings is 1. The van der Waals surface area contributed by atoms with Crippen molar-refractivity contribution < 1.29 is 19.0 Å². The van der Waals surface area contributed by atoms with Crippen LogP contribution in [0.5, 0.6) is 11.5 Å². The molecule has 188 valence electrons. The molecule has 4 rings (SSSR count). The van der Waals surface area contributed by atoms with Crippen molar-refractivity contribution in [3.8, 4) is 11.5 Å². The lowest BCUT2D eigenvalue weighted by atomic mass is 9.96. The van der Waals surface area contributed by atoms with Crippen molar-refractivity contribution in [2.45, 2.75) is 33.7 Å². The highest BCUT2D eigenvalue weighted by Gasteiger charge is 2.34. The molecule has 0 unspecified atom stereocenters. The van der Waals surface area contributed by atoms with Gasteiger partial charge in [0.1, 0.15) is 17.5 Å².